The van der Waals surface area contributed by atoms with Crippen molar-refractivity contribution in [2.24, 2.45) is 0 Å². The number of carboxylic acids is 1. The number of carboxylic acid groups (broad SMARTS) is 1. The summed E-state index contributed by atoms with van der Waals surface area (Å²) in [6.07, 6.45) is 0.184. The van der Waals surface area contributed by atoms with Crippen molar-refractivity contribution in [1.29, 1.82) is 0 Å². The normalized spacial score (nSPS) is 17.8. The van der Waals surface area contributed by atoms with Gasteiger partial charge in [0.05, 0.1) is 25.8 Å². The van der Waals surface area contributed by atoms with Crippen molar-refractivity contribution in [3.05, 3.63) is 16.0 Å². The van der Waals surface area contributed by atoms with E-state index >= 15 is 0 Å². The monoisotopic (exact) mass is 343 g/mol. The molecule has 10 heteroatoms. The summed E-state index contributed by atoms with van der Waals surface area (Å²) in [7, 11) is 0. The minimum Gasteiger partial charge on any atom is -0.543 e. The summed E-state index contributed by atoms with van der Waals surface area (Å²) in [6, 6.07) is -0.146. The van der Waals surface area contributed by atoms with Gasteiger partial charge in [-0.2, -0.15) is 4.98 Å². The second kappa shape index (κ2) is 8.47. The van der Waals surface area contributed by atoms with Crippen LogP contribution in [0.1, 0.15) is 17.4 Å². The molecule has 21 heavy (non-hydrogen) atoms. The van der Waals surface area contributed by atoms with E-state index in [1.165, 1.54) is 0 Å². The third-order valence-corrected chi connectivity index (χ3v) is 3.00. The van der Waals surface area contributed by atoms with Crippen LogP contribution in [0.25, 0.3) is 0 Å². The molecule has 1 N–H and O–H groups in total. The average molecular weight is 344 g/mol. The molecule has 2 heterocycles. The predicted octanol–water partition coefficient (Wildman–Crippen LogP) is -2.63. The number of hydrogen-bond donors (Lipinski definition) is 1. The van der Waals surface area contributed by atoms with Gasteiger partial charge in [0.15, 0.2) is 5.82 Å². The zero-order valence-electron chi connectivity index (χ0n) is 11.6. The smallest absolute Gasteiger partial charge is 0.543 e. The van der Waals surface area contributed by atoms with E-state index in [0.29, 0.717) is 13.2 Å². The van der Waals surface area contributed by atoms with Gasteiger partial charge in [-0.3, -0.25) is 0 Å². The quantitative estimate of drug-likeness (QED) is 0.328. The summed E-state index contributed by atoms with van der Waals surface area (Å²) in [5.41, 5.74) is -0.450. The molecular formula is C11H12Cl2N3NaO4. The topological polar surface area (TPSA) is 99.7 Å². The van der Waals surface area contributed by atoms with Crippen LogP contribution in [0.3, 0.4) is 0 Å². The third-order valence-electron chi connectivity index (χ3n) is 2.47. The summed E-state index contributed by atoms with van der Waals surface area (Å²) in [5, 5.41) is 13.4. The number of aromatic nitrogens is 2. The minimum absolute atomic E-state index is 0. The van der Waals surface area contributed by atoms with Crippen molar-refractivity contribution in [2.75, 3.05) is 25.1 Å². The van der Waals surface area contributed by atoms with E-state index in [2.05, 4.69) is 15.3 Å². The molecule has 0 amide bonds. The molecular weight excluding hydrogens is 332 g/mol. The number of rotatable bonds is 7. The van der Waals surface area contributed by atoms with Crippen LogP contribution in [-0.4, -0.2) is 47.9 Å². The summed E-state index contributed by atoms with van der Waals surface area (Å²) in [6.45, 7) is 3.47. The second-order valence-electron chi connectivity index (χ2n) is 4.33. The Hall–Kier alpha value is -0.150. The number of nitrogens with zero attached hydrogens (tertiary/aromatic N) is 2. The number of halogens is 2. The van der Waals surface area contributed by atoms with Gasteiger partial charge in [0, 0.05) is 6.04 Å². The number of anilines is 1. The Morgan fingerprint density at radius 2 is 2.24 bits per heavy atom. The second-order valence-corrected chi connectivity index (χ2v) is 5.05. The van der Waals surface area contributed by atoms with Crippen molar-refractivity contribution in [3.8, 4) is 0 Å². The van der Waals surface area contributed by atoms with Gasteiger partial charge < -0.3 is 24.7 Å². The molecule has 0 unspecified atom stereocenters. The third kappa shape index (κ3) is 5.86. The molecule has 2 atom stereocenters. The molecule has 0 aliphatic carbocycles. The van der Waals surface area contributed by atoms with Crippen LogP contribution in [0.15, 0.2) is 0 Å². The van der Waals surface area contributed by atoms with Crippen molar-refractivity contribution < 1.29 is 48.9 Å². The average Bonchev–Trinajstić information content (AvgIpc) is 3.17. The van der Waals surface area contributed by atoms with E-state index in [9.17, 15) is 9.90 Å². The van der Waals surface area contributed by atoms with E-state index in [0.717, 1.165) is 6.61 Å². The first-order valence-corrected chi connectivity index (χ1v) is 6.63. The first-order chi connectivity index (χ1) is 9.47. The zero-order valence-corrected chi connectivity index (χ0v) is 15.1. The van der Waals surface area contributed by atoms with E-state index in [1.807, 2.05) is 6.92 Å². The first kappa shape index (κ1) is 18.9. The number of aromatic carboxylic acids is 1. The van der Waals surface area contributed by atoms with Gasteiger partial charge in [0.25, 0.3) is 0 Å². The predicted molar refractivity (Wildman–Crippen MR) is 70.0 cm³/mol. The molecule has 1 fully saturated rings. The Morgan fingerprint density at radius 3 is 2.81 bits per heavy atom. The molecule has 1 aliphatic heterocycles. The van der Waals surface area contributed by atoms with Crippen molar-refractivity contribution in [3.63, 3.8) is 0 Å². The van der Waals surface area contributed by atoms with Gasteiger partial charge in [-0.15, -0.1) is 0 Å². The van der Waals surface area contributed by atoms with Crippen LogP contribution in [0.4, 0.5) is 5.82 Å². The molecule has 1 aliphatic rings. The SMILES string of the molecule is C[C@H](COC[C@@H]1CO1)Nc1nc(Cl)nc(C(=O)[O-])c1Cl.[Na+]. The van der Waals surface area contributed by atoms with Crippen LogP contribution in [0.5, 0.6) is 0 Å². The number of hydrogen-bond acceptors (Lipinski definition) is 7. The Kier molecular flexibility index (Phi) is 7.63. The fourth-order valence-corrected chi connectivity index (χ4v) is 1.85. The first-order valence-electron chi connectivity index (χ1n) is 5.87. The van der Waals surface area contributed by atoms with Crippen molar-refractivity contribution in [2.45, 2.75) is 19.1 Å². The molecule has 0 aromatic carbocycles. The van der Waals surface area contributed by atoms with Crippen LogP contribution in [0, 0.1) is 0 Å². The Morgan fingerprint density at radius 1 is 1.57 bits per heavy atom. The number of carbonyl (C=O) groups is 1. The van der Waals surface area contributed by atoms with Gasteiger partial charge in [-0.25, -0.2) is 4.98 Å². The molecule has 2 rings (SSSR count). The van der Waals surface area contributed by atoms with Gasteiger partial charge in [-0.1, -0.05) is 11.6 Å². The van der Waals surface area contributed by atoms with Crippen LogP contribution in [0.2, 0.25) is 10.3 Å². The van der Waals surface area contributed by atoms with Gasteiger partial charge in [-0.05, 0) is 18.5 Å². The summed E-state index contributed by atoms with van der Waals surface area (Å²) in [4.78, 5) is 18.2. The maximum atomic E-state index is 10.9. The fraction of sp³-hybridized carbons (Fsp3) is 0.545. The number of ether oxygens (including phenoxy) is 2. The Balaban J connectivity index is 0.00000220. The van der Waals surface area contributed by atoms with Crippen LogP contribution < -0.4 is 40.0 Å². The van der Waals surface area contributed by atoms with Gasteiger partial charge in [0.2, 0.25) is 5.28 Å². The zero-order chi connectivity index (χ0) is 14.7. The van der Waals surface area contributed by atoms with Crippen LogP contribution in [-0.2, 0) is 9.47 Å². The molecule has 0 saturated carbocycles. The molecule has 1 aromatic heterocycles. The largest absolute Gasteiger partial charge is 1.00 e. The van der Waals surface area contributed by atoms with Gasteiger partial charge in [0.1, 0.15) is 16.8 Å². The molecule has 7 nitrogen and oxygen atoms in total. The summed E-state index contributed by atoms with van der Waals surface area (Å²) < 4.78 is 10.4. The Bertz CT molecular complexity index is 516. The molecule has 0 bridgehead atoms. The molecule has 0 spiro atoms. The van der Waals surface area contributed by atoms with E-state index in [1.54, 1.807) is 0 Å². The number of carbonyl (C=O) groups excluding carboxylic acids is 1. The molecule has 110 valence electrons. The van der Waals surface area contributed by atoms with Gasteiger partial charge >= 0.3 is 29.6 Å². The fourth-order valence-electron chi connectivity index (χ4n) is 1.47. The van der Waals surface area contributed by atoms with Crippen molar-refractivity contribution in [1.82, 2.24) is 9.97 Å². The molecule has 1 saturated heterocycles. The maximum absolute atomic E-state index is 10.9. The van der Waals surface area contributed by atoms with E-state index < -0.39 is 11.7 Å². The number of epoxide rings is 1. The Labute approximate surface area is 153 Å². The van der Waals surface area contributed by atoms with Crippen LogP contribution >= 0.6 is 23.2 Å². The van der Waals surface area contributed by atoms with E-state index in [-0.39, 0.29) is 57.8 Å². The summed E-state index contributed by atoms with van der Waals surface area (Å²) in [5.74, 6) is -1.39. The standard InChI is InChI=1S/C11H13Cl2N3O4.Na/c1-5(2-19-3-6-4-20-6)14-9-7(12)8(10(17)18)15-11(13)16-9;/h5-6H,2-4H2,1H3,(H,17,18)(H,14,15,16);/q;+1/p-1/t5-,6-;/m1./s1. The van der Waals surface area contributed by atoms with E-state index in [4.69, 9.17) is 32.7 Å². The summed E-state index contributed by atoms with van der Waals surface area (Å²) >= 11 is 11.5. The molecule has 0 radical (unpaired) electrons. The maximum Gasteiger partial charge on any atom is 1.00 e. The van der Waals surface area contributed by atoms with Crippen molar-refractivity contribution >= 4 is 35.0 Å². The minimum atomic E-state index is -1.52. The number of nitrogens with one attached hydrogen (secondary N) is 1. The molecule has 1 aromatic rings.